The summed E-state index contributed by atoms with van der Waals surface area (Å²) in [5, 5.41) is 13.2. The van der Waals surface area contributed by atoms with Crippen molar-refractivity contribution in [2.75, 3.05) is 7.05 Å². The van der Waals surface area contributed by atoms with Crippen LogP contribution in [0, 0.1) is 18.3 Å². The van der Waals surface area contributed by atoms with Crippen molar-refractivity contribution in [2.24, 2.45) is 0 Å². The first-order valence-electron chi connectivity index (χ1n) is 7.94. The first-order valence-corrected chi connectivity index (χ1v) is 7.94. The van der Waals surface area contributed by atoms with Gasteiger partial charge in [0.25, 0.3) is 5.91 Å². The Morgan fingerprint density at radius 1 is 1.16 bits per heavy atom. The molecule has 0 spiro atoms. The van der Waals surface area contributed by atoms with Gasteiger partial charge in [-0.15, -0.1) is 0 Å². The van der Waals surface area contributed by atoms with E-state index < -0.39 is 0 Å². The monoisotopic (exact) mass is 330 g/mol. The molecule has 0 aliphatic rings. The van der Waals surface area contributed by atoms with E-state index in [1.54, 1.807) is 35.0 Å². The van der Waals surface area contributed by atoms with Crippen LogP contribution < -0.4 is 0 Å². The van der Waals surface area contributed by atoms with Crippen LogP contribution in [-0.2, 0) is 6.54 Å². The Kier molecular flexibility index (Phi) is 4.62. The van der Waals surface area contributed by atoms with Crippen LogP contribution in [0.3, 0.4) is 0 Å². The molecule has 0 atom stereocenters. The van der Waals surface area contributed by atoms with Gasteiger partial charge in [0.05, 0.1) is 34.8 Å². The Morgan fingerprint density at radius 2 is 1.84 bits per heavy atom. The number of nitrogens with zero attached hydrogens (tertiary/aromatic N) is 4. The Morgan fingerprint density at radius 3 is 2.48 bits per heavy atom. The predicted molar refractivity (Wildman–Crippen MR) is 95.3 cm³/mol. The topological polar surface area (TPSA) is 61.9 Å². The summed E-state index contributed by atoms with van der Waals surface area (Å²) in [6.45, 7) is 2.36. The zero-order valence-corrected chi connectivity index (χ0v) is 14.2. The molecule has 3 aromatic rings. The first kappa shape index (κ1) is 16.5. The van der Waals surface area contributed by atoms with Gasteiger partial charge < -0.3 is 4.90 Å². The number of carbonyl (C=O) groups is 1. The molecule has 0 saturated heterocycles. The second kappa shape index (κ2) is 7.02. The number of hydrogen-bond donors (Lipinski definition) is 0. The van der Waals surface area contributed by atoms with Gasteiger partial charge in [0, 0.05) is 13.6 Å². The van der Waals surface area contributed by atoms with Crippen LogP contribution in [-0.4, -0.2) is 27.6 Å². The van der Waals surface area contributed by atoms with Gasteiger partial charge in [-0.25, -0.2) is 4.68 Å². The van der Waals surface area contributed by atoms with E-state index in [9.17, 15) is 4.79 Å². The minimum Gasteiger partial charge on any atom is -0.337 e. The lowest BCUT2D eigenvalue weighted by atomic mass is 10.1. The van der Waals surface area contributed by atoms with Crippen LogP contribution in [0.25, 0.3) is 5.69 Å². The van der Waals surface area contributed by atoms with Crippen molar-refractivity contribution in [3.63, 3.8) is 0 Å². The Labute approximate surface area is 146 Å². The van der Waals surface area contributed by atoms with Gasteiger partial charge in [0.1, 0.15) is 0 Å². The van der Waals surface area contributed by atoms with Crippen molar-refractivity contribution in [1.82, 2.24) is 14.7 Å². The predicted octanol–water partition coefficient (Wildman–Crippen LogP) is 3.32. The molecule has 1 aromatic heterocycles. The minimum absolute atomic E-state index is 0.0796. The third-order valence-electron chi connectivity index (χ3n) is 4.09. The number of carbonyl (C=O) groups excluding carboxylic acids is 1. The summed E-state index contributed by atoms with van der Waals surface area (Å²) in [5.74, 6) is -0.0796. The first-order chi connectivity index (χ1) is 12.1. The van der Waals surface area contributed by atoms with Gasteiger partial charge in [-0.3, -0.25) is 4.79 Å². The van der Waals surface area contributed by atoms with Crippen molar-refractivity contribution in [2.45, 2.75) is 13.5 Å². The average molecular weight is 330 g/mol. The second-order valence-corrected chi connectivity index (χ2v) is 5.86. The number of benzene rings is 2. The summed E-state index contributed by atoms with van der Waals surface area (Å²) >= 11 is 0. The molecular weight excluding hydrogens is 312 g/mol. The zero-order valence-electron chi connectivity index (χ0n) is 14.2. The number of amides is 1. The summed E-state index contributed by atoms with van der Waals surface area (Å²) in [6.07, 6.45) is 1.61. The Hall–Kier alpha value is -3.39. The number of aromatic nitrogens is 2. The summed E-state index contributed by atoms with van der Waals surface area (Å²) < 4.78 is 1.77. The van der Waals surface area contributed by atoms with E-state index in [-0.39, 0.29) is 5.91 Å². The van der Waals surface area contributed by atoms with E-state index >= 15 is 0 Å². The number of para-hydroxylation sites is 1. The van der Waals surface area contributed by atoms with Crippen molar-refractivity contribution in [3.8, 4) is 11.8 Å². The molecule has 0 aliphatic carbocycles. The maximum atomic E-state index is 12.8. The van der Waals surface area contributed by atoms with Gasteiger partial charge >= 0.3 is 0 Å². The molecule has 0 fully saturated rings. The van der Waals surface area contributed by atoms with Crippen LogP contribution in [0.15, 0.2) is 60.8 Å². The molecule has 0 saturated carbocycles. The van der Waals surface area contributed by atoms with Gasteiger partial charge in [-0.05, 0) is 36.8 Å². The highest BCUT2D eigenvalue weighted by molar-refractivity contribution is 5.95. The van der Waals surface area contributed by atoms with Gasteiger partial charge in [0.2, 0.25) is 0 Å². The fraction of sp³-hybridized carbons (Fsp3) is 0.150. The van der Waals surface area contributed by atoms with Crippen LogP contribution in [0.1, 0.15) is 27.2 Å². The third-order valence-corrected chi connectivity index (χ3v) is 4.09. The second-order valence-electron chi connectivity index (χ2n) is 5.86. The molecule has 25 heavy (non-hydrogen) atoms. The quantitative estimate of drug-likeness (QED) is 0.737. The molecule has 1 heterocycles. The molecule has 2 aromatic carbocycles. The van der Waals surface area contributed by atoms with Gasteiger partial charge in [-0.1, -0.05) is 30.3 Å². The van der Waals surface area contributed by atoms with E-state index in [0.717, 1.165) is 16.9 Å². The van der Waals surface area contributed by atoms with Crippen molar-refractivity contribution < 1.29 is 4.79 Å². The molecular formula is C20H18N4O. The minimum atomic E-state index is -0.0796. The standard InChI is InChI=1S/C20H18N4O/c1-15-19(13-22-24(15)18-6-4-3-5-7-18)20(25)23(2)14-17-10-8-16(12-21)9-11-17/h3-11,13H,14H2,1-2H3. The Bertz CT molecular complexity index is 921. The largest absolute Gasteiger partial charge is 0.337 e. The molecule has 0 unspecified atom stereocenters. The summed E-state index contributed by atoms with van der Waals surface area (Å²) in [4.78, 5) is 14.4. The zero-order chi connectivity index (χ0) is 17.8. The maximum Gasteiger partial charge on any atom is 0.257 e. The third kappa shape index (κ3) is 3.43. The van der Waals surface area contributed by atoms with Crippen LogP contribution >= 0.6 is 0 Å². The van der Waals surface area contributed by atoms with Crippen molar-refractivity contribution in [1.29, 1.82) is 5.26 Å². The lowest BCUT2D eigenvalue weighted by Gasteiger charge is -2.17. The summed E-state index contributed by atoms with van der Waals surface area (Å²) in [7, 11) is 1.76. The number of nitriles is 1. The van der Waals surface area contributed by atoms with Gasteiger partial charge in [0.15, 0.2) is 0 Å². The molecule has 0 N–H and O–H groups in total. The molecule has 124 valence electrons. The Balaban J connectivity index is 1.78. The maximum absolute atomic E-state index is 12.8. The fourth-order valence-electron chi connectivity index (χ4n) is 2.69. The number of rotatable bonds is 4. The molecule has 0 bridgehead atoms. The van der Waals surface area contributed by atoms with Crippen molar-refractivity contribution in [3.05, 3.63) is 83.2 Å². The van der Waals surface area contributed by atoms with Crippen LogP contribution in [0.4, 0.5) is 0 Å². The molecule has 1 amide bonds. The van der Waals surface area contributed by atoms with E-state index in [0.29, 0.717) is 17.7 Å². The normalized spacial score (nSPS) is 10.3. The van der Waals surface area contributed by atoms with Crippen LogP contribution in [0.2, 0.25) is 0 Å². The fourth-order valence-corrected chi connectivity index (χ4v) is 2.69. The van der Waals surface area contributed by atoms with E-state index in [2.05, 4.69) is 11.2 Å². The highest BCUT2D eigenvalue weighted by Gasteiger charge is 2.18. The van der Waals surface area contributed by atoms with Gasteiger partial charge in [-0.2, -0.15) is 10.4 Å². The highest BCUT2D eigenvalue weighted by atomic mass is 16.2. The highest BCUT2D eigenvalue weighted by Crippen LogP contribution is 2.16. The summed E-state index contributed by atoms with van der Waals surface area (Å²) in [6, 6.07) is 19.1. The molecule has 0 radical (unpaired) electrons. The van der Waals surface area contributed by atoms with Crippen molar-refractivity contribution >= 4 is 5.91 Å². The SMILES string of the molecule is Cc1c(C(=O)N(C)Cc2ccc(C#N)cc2)cnn1-c1ccccc1. The van der Waals surface area contributed by atoms with E-state index in [1.165, 1.54) is 0 Å². The smallest absolute Gasteiger partial charge is 0.257 e. The summed E-state index contributed by atoms with van der Waals surface area (Å²) in [5.41, 5.74) is 3.90. The average Bonchev–Trinajstić information content (AvgIpc) is 3.03. The van der Waals surface area contributed by atoms with E-state index in [4.69, 9.17) is 5.26 Å². The van der Waals surface area contributed by atoms with Crippen LogP contribution in [0.5, 0.6) is 0 Å². The number of hydrogen-bond acceptors (Lipinski definition) is 3. The lowest BCUT2D eigenvalue weighted by Crippen LogP contribution is -2.26. The molecule has 3 rings (SSSR count). The molecule has 5 nitrogen and oxygen atoms in total. The van der Waals surface area contributed by atoms with E-state index in [1.807, 2.05) is 49.4 Å². The lowest BCUT2D eigenvalue weighted by molar-refractivity contribution is 0.0784. The molecule has 0 aliphatic heterocycles. The molecule has 5 heteroatoms.